The third-order valence-corrected chi connectivity index (χ3v) is 12.4. The highest BCUT2D eigenvalue weighted by atomic mass is 35.5. The summed E-state index contributed by atoms with van der Waals surface area (Å²) in [6, 6.07) is 28.8. The Labute approximate surface area is 384 Å². The number of anilines is 2. The average Bonchev–Trinajstić information content (AvgIpc) is 4.00. The van der Waals surface area contributed by atoms with Crippen molar-refractivity contribution in [3.05, 3.63) is 119 Å². The lowest BCUT2D eigenvalue weighted by atomic mass is 9.98. The summed E-state index contributed by atoms with van der Waals surface area (Å²) in [6.07, 6.45) is 2.53. The van der Waals surface area contributed by atoms with E-state index in [-0.39, 0.29) is 17.8 Å². The van der Waals surface area contributed by atoms with E-state index in [0.717, 1.165) is 75.3 Å². The SMILES string of the molecule is CCCCc1nc(Cl)c(CSc2ccc(NC(=O)COc3ccc(CC4SC(=O)NC4=O)cc3)c(N(C)C(=O)OC(C)(C)C)c2)n1Cc1ccc(-c2ccccc2-c2nnn[nH]2)cc1. The molecule has 4 aromatic carbocycles. The molecule has 0 bridgehead atoms. The maximum Gasteiger partial charge on any atom is 0.414 e. The van der Waals surface area contributed by atoms with E-state index in [1.807, 2.05) is 36.4 Å². The van der Waals surface area contributed by atoms with Crippen LogP contribution in [0.3, 0.4) is 0 Å². The summed E-state index contributed by atoms with van der Waals surface area (Å²) in [7, 11) is 1.59. The Morgan fingerprint density at radius 2 is 1.72 bits per heavy atom. The third-order valence-electron chi connectivity index (χ3n) is 10.1. The van der Waals surface area contributed by atoms with Crippen molar-refractivity contribution in [2.24, 2.45) is 0 Å². The quantitative estimate of drug-likeness (QED) is 0.0738. The smallest absolute Gasteiger partial charge is 0.414 e. The fraction of sp³-hybridized carbons (Fsp3) is 0.304. The molecule has 18 heteroatoms. The molecule has 1 fully saturated rings. The summed E-state index contributed by atoms with van der Waals surface area (Å²) in [6.45, 7) is 7.77. The molecule has 0 aliphatic carbocycles. The molecule has 0 spiro atoms. The number of hydrogen-bond acceptors (Lipinski definition) is 12. The van der Waals surface area contributed by atoms with Crippen molar-refractivity contribution < 1.29 is 28.7 Å². The first kappa shape index (κ1) is 45.8. The Morgan fingerprint density at radius 3 is 2.39 bits per heavy atom. The molecular weight excluding hydrogens is 874 g/mol. The monoisotopic (exact) mass is 921 g/mol. The Kier molecular flexibility index (Phi) is 14.7. The van der Waals surface area contributed by atoms with Gasteiger partial charge in [0, 0.05) is 36.2 Å². The molecule has 6 aromatic rings. The number of carbonyl (C=O) groups excluding carboxylic acids is 4. The molecule has 64 heavy (non-hydrogen) atoms. The zero-order valence-electron chi connectivity index (χ0n) is 36.0. The van der Waals surface area contributed by atoms with E-state index in [1.54, 1.807) is 58.2 Å². The highest BCUT2D eigenvalue weighted by molar-refractivity contribution is 8.15. The number of halogens is 1. The molecule has 2 aromatic heterocycles. The van der Waals surface area contributed by atoms with Crippen molar-refractivity contribution in [1.82, 2.24) is 35.5 Å². The minimum absolute atomic E-state index is 0.305. The molecular formula is C46H48ClN9O6S2. The zero-order valence-corrected chi connectivity index (χ0v) is 38.4. The van der Waals surface area contributed by atoms with Gasteiger partial charge in [0.05, 0.1) is 22.3 Å². The van der Waals surface area contributed by atoms with Gasteiger partial charge in [-0.1, -0.05) is 97.4 Å². The number of rotatable bonds is 17. The van der Waals surface area contributed by atoms with Crippen LogP contribution >= 0.6 is 35.1 Å². The van der Waals surface area contributed by atoms with Gasteiger partial charge in [-0.15, -0.1) is 16.9 Å². The van der Waals surface area contributed by atoms with Gasteiger partial charge in [0.2, 0.25) is 5.91 Å². The van der Waals surface area contributed by atoms with E-state index in [1.165, 1.54) is 16.7 Å². The molecule has 7 rings (SSSR count). The van der Waals surface area contributed by atoms with Gasteiger partial charge in [0.1, 0.15) is 17.2 Å². The lowest BCUT2D eigenvalue weighted by Crippen LogP contribution is -2.34. The number of imide groups is 1. The number of hydrogen-bond donors (Lipinski definition) is 3. The molecule has 15 nitrogen and oxygen atoms in total. The molecule has 3 N–H and O–H groups in total. The van der Waals surface area contributed by atoms with E-state index in [2.05, 4.69) is 67.0 Å². The number of unbranched alkanes of at least 4 members (excludes halogenated alkanes) is 1. The van der Waals surface area contributed by atoms with E-state index in [0.29, 0.717) is 46.8 Å². The van der Waals surface area contributed by atoms with Crippen LogP contribution in [0.15, 0.2) is 95.9 Å². The number of carbonyl (C=O) groups is 4. The Hall–Kier alpha value is -6.17. The number of imidazole rings is 1. The topological polar surface area (TPSA) is 186 Å². The van der Waals surface area contributed by atoms with Gasteiger partial charge in [-0.2, -0.15) is 0 Å². The lowest BCUT2D eigenvalue weighted by Gasteiger charge is -2.26. The summed E-state index contributed by atoms with van der Waals surface area (Å²) >= 11 is 9.41. The standard InChI is InChI=1S/C46H48ClN9O6S2/c1-6-7-12-39-49-41(47)37(56(39)25-29-13-17-30(18-14-29)33-10-8-9-11-34(33)42-51-53-54-52-42)27-63-32-21-22-35(36(24-32)55(5)45(60)62-46(2,3)4)48-40(57)26-61-31-19-15-28(16-20-31)23-38-43(58)50-44(59)64-38/h8-11,13-22,24,38H,6-7,12,23,25-27H2,1-5H3,(H,48,57)(H,50,58,59)(H,51,52,53,54). The number of amides is 4. The average molecular weight is 923 g/mol. The molecule has 1 aliphatic heterocycles. The molecule has 4 amide bonds. The number of tetrazole rings is 1. The van der Waals surface area contributed by atoms with Crippen LogP contribution in [-0.2, 0) is 39.5 Å². The number of aromatic nitrogens is 6. The first-order chi connectivity index (χ1) is 30.7. The molecule has 332 valence electrons. The highest BCUT2D eigenvalue weighted by Gasteiger charge is 2.31. The predicted molar refractivity (Wildman–Crippen MR) is 250 cm³/mol. The van der Waals surface area contributed by atoms with Crippen molar-refractivity contribution in [3.8, 4) is 28.3 Å². The summed E-state index contributed by atoms with van der Waals surface area (Å²) in [5, 5.41) is 19.3. The van der Waals surface area contributed by atoms with E-state index in [4.69, 9.17) is 26.1 Å². The largest absolute Gasteiger partial charge is 0.484 e. The van der Waals surface area contributed by atoms with Gasteiger partial charge in [-0.05, 0) is 96.6 Å². The number of nitrogens with one attached hydrogen (secondary N) is 3. The molecule has 1 atom stereocenters. The molecule has 1 saturated heterocycles. The van der Waals surface area contributed by atoms with Gasteiger partial charge in [0.25, 0.3) is 11.1 Å². The van der Waals surface area contributed by atoms with Crippen LogP contribution in [0.25, 0.3) is 22.5 Å². The predicted octanol–water partition coefficient (Wildman–Crippen LogP) is 9.35. The van der Waals surface area contributed by atoms with Gasteiger partial charge < -0.3 is 19.4 Å². The first-order valence-electron chi connectivity index (χ1n) is 20.7. The molecule has 1 aliphatic rings. The van der Waals surface area contributed by atoms with Crippen LogP contribution in [0.4, 0.5) is 21.0 Å². The van der Waals surface area contributed by atoms with Crippen LogP contribution in [0, 0.1) is 0 Å². The summed E-state index contributed by atoms with van der Waals surface area (Å²) < 4.78 is 13.7. The second-order valence-corrected chi connectivity index (χ2v) is 18.6. The van der Waals surface area contributed by atoms with Crippen molar-refractivity contribution in [2.75, 3.05) is 23.9 Å². The van der Waals surface area contributed by atoms with E-state index >= 15 is 0 Å². The van der Waals surface area contributed by atoms with E-state index < -0.39 is 22.9 Å². The highest BCUT2D eigenvalue weighted by Crippen LogP contribution is 2.36. The number of nitrogens with zero attached hydrogens (tertiary/aromatic N) is 6. The van der Waals surface area contributed by atoms with Gasteiger partial charge >= 0.3 is 6.09 Å². The number of thioether (sulfide) groups is 2. The van der Waals surface area contributed by atoms with Crippen LogP contribution in [0.1, 0.15) is 63.2 Å². The molecule has 0 radical (unpaired) electrons. The number of H-pyrrole nitrogens is 1. The van der Waals surface area contributed by atoms with Crippen LogP contribution in [-0.4, -0.2) is 77.8 Å². The second-order valence-electron chi connectivity index (χ2n) is 16.0. The summed E-state index contributed by atoms with van der Waals surface area (Å²) in [5.41, 5.74) is 5.79. The van der Waals surface area contributed by atoms with Crippen molar-refractivity contribution in [1.29, 1.82) is 0 Å². The number of ether oxygens (including phenoxy) is 2. The van der Waals surface area contributed by atoms with Gasteiger partial charge in [0.15, 0.2) is 17.6 Å². The number of aryl methyl sites for hydroxylation is 1. The zero-order chi connectivity index (χ0) is 45.4. The maximum atomic E-state index is 13.4. The Bertz CT molecular complexity index is 2620. The lowest BCUT2D eigenvalue weighted by molar-refractivity contribution is -0.119. The normalized spacial score (nSPS) is 13.8. The number of aromatic amines is 1. The third kappa shape index (κ3) is 11.7. The fourth-order valence-electron chi connectivity index (χ4n) is 6.91. The summed E-state index contributed by atoms with van der Waals surface area (Å²) in [5.74, 6) is 1.68. The second kappa shape index (κ2) is 20.6. The fourth-order valence-corrected chi connectivity index (χ4v) is 9.07. The molecule has 1 unspecified atom stereocenters. The van der Waals surface area contributed by atoms with Gasteiger partial charge in [-0.3, -0.25) is 24.6 Å². The Morgan fingerprint density at radius 1 is 0.984 bits per heavy atom. The van der Waals surface area contributed by atoms with Crippen LogP contribution in [0.5, 0.6) is 5.75 Å². The van der Waals surface area contributed by atoms with Gasteiger partial charge in [-0.25, -0.2) is 14.9 Å². The summed E-state index contributed by atoms with van der Waals surface area (Å²) in [4.78, 5) is 57.2. The minimum atomic E-state index is -0.755. The minimum Gasteiger partial charge on any atom is -0.484 e. The van der Waals surface area contributed by atoms with Crippen molar-refractivity contribution >= 4 is 69.6 Å². The van der Waals surface area contributed by atoms with Crippen molar-refractivity contribution in [3.63, 3.8) is 0 Å². The van der Waals surface area contributed by atoms with Crippen LogP contribution in [0.2, 0.25) is 5.15 Å². The molecule has 3 heterocycles. The number of benzene rings is 4. The van der Waals surface area contributed by atoms with Crippen LogP contribution < -0.4 is 20.3 Å². The van der Waals surface area contributed by atoms with E-state index in [9.17, 15) is 19.2 Å². The molecule has 0 saturated carbocycles. The maximum absolute atomic E-state index is 13.4. The van der Waals surface area contributed by atoms with Crippen molar-refractivity contribution in [2.45, 2.75) is 81.4 Å². The Balaban J connectivity index is 1.06. The first-order valence-corrected chi connectivity index (χ1v) is 22.9.